The molecule has 0 radical (unpaired) electrons. The molecular formula is C11H19N3O. The lowest BCUT2D eigenvalue weighted by Gasteiger charge is -2.43. The summed E-state index contributed by atoms with van der Waals surface area (Å²) >= 11 is 0. The highest BCUT2D eigenvalue weighted by atomic mass is 16.5. The van der Waals surface area contributed by atoms with Gasteiger partial charge >= 0.3 is 0 Å². The Kier molecular flexibility index (Phi) is 1.63. The molecule has 4 unspecified atom stereocenters. The summed E-state index contributed by atoms with van der Waals surface area (Å²) in [6, 6.07) is 2.16. The third-order valence-electron chi connectivity index (χ3n) is 4.82. The monoisotopic (exact) mass is 209 g/mol. The number of likely N-dealkylation sites (tertiary alicyclic amines) is 2. The second kappa shape index (κ2) is 2.74. The van der Waals surface area contributed by atoms with Crippen LogP contribution in [0.15, 0.2) is 0 Å². The molecule has 15 heavy (non-hydrogen) atoms. The van der Waals surface area contributed by atoms with E-state index in [-0.39, 0.29) is 5.72 Å². The first-order valence-corrected chi connectivity index (χ1v) is 6.11. The van der Waals surface area contributed by atoms with E-state index in [9.17, 15) is 0 Å². The second-order valence-electron chi connectivity index (χ2n) is 5.67. The van der Waals surface area contributed by atoms with Gasteiger partial charge in [-0.2, -0.15) is 0 Å². The molecule has 4 heterocycles. The predicted octanol–water partition coefficient (Wildman–Crippen LogP) is -0.537. The van der Waals surface area contributed by atoms with E-state index in [1.807, 2.05) is 0 Å². The van der Waals surface area contributed by atoms with Gasteiger partial charge < -0.3 is 15.0 Å². The molecule has 0 amide bonds. The molecule has 1 N–H and O–H groups in total. The zero-order valence-corrected chi connectivity index (χ0v) is 9.28. The lowest BCUT2D eigenvalue weighted by atomic mass is 10.1. The summed E-state index contributed by atoms with van der Waals surface area (Å²) in [5, 5.41) is 3.56. The third-order valence-corrected chi connectivity index (χ3v) is 4.82. The number of piperazine rings is 1. The van der Waals surface area contributed by atoms with Crippen LogP contribution in [-0.4, -0.2) is 66.9 Å². The summed E-state index contributed by atoms with van der Waals surface area (Å²) < 4.78 is 6.06. The Morgan fingerprint density at radius 2 is 2.27 bits per heavy atom. The molecule has 4 heteroatoms. The molecule has 4 rings (SSSR count). The minimum atomic E-state index is 0.0747. The van der Waals surface area contributed by atoms with Crippen molar-refractivity contribution in [2.75, 3.05) is 33.3 Å². The van der Waals surface area contributed by atoms with E-state index in [2.05, 4.69) is 22.2 Å². The Hall–Kier alpha value is -0.160. The normalized spacial score (nSPS) is 54.6. The van der Waals surface area contributed by atoms with Gasteiger partial charge in [0.2, 0.25) is 0 Å². The number of hydrogen-bond donors (Lipinski definition) is 1. The van der Waals surface area contributed by atoms with E-state index in [0.717, 1.165) is 25.2 Å². The van der Waals surface area contributed by atoms with Crippen LogP contribution in [0.1, 0.15) is 12.8 Å². The number of hydrogen-bond acceptors (Lipinski definition) is 4. The maximum absolute atomic E-state index is 6.06. The largest absolute Gasteiger partial charge is 0.357 e. The number of likely N-dealkylation sites (N-methyl/N-ethyl adjacent to an activating group) is 1. The highest BCUT2D eigenvalue weighted by molar-refractivity contribution is 5.09. The number of nitrogens with zero attached hydrogens (tertiary/aromatic N) is 2. The lowest BCUT2D eigenvalue weighted by molar-refractivity contribution is -0.138. The van der Waals surface area contributed by atoms with E-state index in [1.165, 1.54) is 25.9 Å². The molecular weight excluding hydrogens is 190 g/mol. The van der Waals surface area contributed by atoms with Crippen LogP contribution in [0.25, 0.3) is 0 Å². The molecule has 0 saturated carbocycles. The molecule has 4 fully saturated rings. The van der Waals surface area contributed by atoms with Gasteiger partial charge in [-0.15, -0.1) is 0 Å². The Morgan fingerprint density at radius 3 is 2.73 bits per heavy atom. The van der Waals surface area contributed by atoms with Crippen LogP contribution < -0.4 is 5.32 Å². The highest BCUT2D eigenvalue weighted by Crippen LogP contribution is 2.42. The van der Waals surface area contributed by atoms with Gasteiger partial charge in [-0.25, -0.2) is 0 Å². The standard InChI is InChI=1S/C11H19N3O/c1-13-4-10-2-9(13)5-14(10)11-3-8(6-15-11)12-7-11/h8-10,12H,2-7H2,1H3. The molecule has 4 aliphatic rings. The SMILES string of the molecule is CN1CC2CC1CN2C12CNC(CO1)C2. The average Bonchev–Trinajstić information content (AvgIpc) is 2.95. The summed E-state index contributed by atoms with van der Waals surface area (Å²) in [4.78, 5) is 5.16. The fourth-order valence-electron chi connectivity index (χ4n) is 3.98. The lowest BCUT2D eigenvalue weighted by Crippen LogP contribution is -2.59. The van der Waals surface area contributed by atoms with Gasteiger partial charge in [0, 0.05) is 44.2 Å². The summed E-state index contributed by atoms with van der Waals surface area (Å²) in [5.41, 5.74) is 0.0747. The fraction of sp³-hybridized carbons (Fsp3) is 1.00. The van der Waals surface area contributed by atoms with Crippen molar-refractivity contribution in [3.63, 3.8) is 0 Å². The van der Waals surface area contributed by atoms with Crippen LogP contribution in [-0.2, 0) is 4.74 Å². The van der Waals surface area contributed by atoms with Gasteiger partial charge in [0.1, 0.15) is 5.72 Å². The smallest absolute Gasteiger partial charge is 0.136 e. The van der Waals surface area contributed by atoms with E-state index >= 15 is 0 Å². The molecule has 4 atom stereocenters. The molecule has 0 aromatic heterocycles. The van der Waals surface area contributed by atoms with Crippen molar-refractivity contribution in [2.24, 2.45) is 0 Å². The van der Waals surface area contributed by atoms with Gasteiger partial charge in [0.15, 0.2) is 0 Å². The second-order valence-corrected chi connectivity index (χ2v) is 5.67. The van der Waals surface area contributed by atoms with Crippen LogP contribution in [0.5, 0.6) is 0 Å². The maximum Gasteiger partial charge on any atom is 0.136 e. The Labute approximate surface area is 90.5 Å². The van der Waals surface area contributed by atoms with E-state index in [1.54, 1.807) is 0 Å². The van der Waals surface area contributed by atoms with Crippen LogP contribution in [0.3, 0.4) is 0 Å². The summed E-state index contributed by atoms with van der Waals surface area (Å²) in [6.45, 7) is 4.42. The van der Waals surface area contributed by atoms with Crippen molar-refractivity contribution in [2.45, 2.75) is 36.7 Å². The molecule has 0 spiro atoms. The Bertz CT molecular complexity index is 286. The molecule has 84 valence electrons. The highest BCUT2D eigenvalue weighted by Gasteiger charge is 2.56. The zero-order chi connectivity index (χ0) is 10.0. The van der Waals surface area contributed by atoms with Crippen molar-refractivity contribution >= 4 is 0 Å². The average molecular weight is 209 g/mol. The Morgan fingerprint density at radius 1 is 1.33 bits per heavy atom. The van der Waals surface area contributed by atoms with Crippen molar-refractivity contribution in [3.05, 3.63) is 0 Å². The number of fused-ring (bicyclic) bond motifs is 4. The first-order chi connectivity index (χ1) is 7.27. The summed E-state index contributed by atoms with van der Waals surface area (Å²) in [7, 11) is 2.25. The quantitative estimate of drug-likeness (QED) is 0.628. The minimum absolute atomic E-state index is 0.0747. The van der Waals surface area contributed by atoms with E-state index < -0.39 is 0 Å². The fourth-order valence-corrected chi connectivity index (χ4v) is 3.98. The first-order valence-electron chi connectivity index (χ1n) is 6.11. The topological polar surface area (TPSA) is 27.7 Å². The van der Waals surface area contributed by atoms with Crippen LogP contribution in [0.4, 0.5) is 0 Å². The minimum Gasteiger partial charge on any atom is -0.357 e. The van der Waals surface area contributed by atoms with E-state index in [0.29, 0.717) is 6.04 Å². The molecule has 0 aromatic carbocycles. The predicted molar refractivity (Wildman–Crippen MR) is 56.6 cm³/mol. The third kappa shape index (κ3) is 1.06. The molecule has 4 aliphatic heterocycles. The Balaban J connectivity index is 1.60. The van der Waals surface area contributed by atoms with Crippen LogP contribution in [0, 0.1) is 0 Å². The summed E-state index contributed by atoms with van der Waals surface area (Å²) in [6.07, 6.45) is 2.56. The van der Waals surface area contributed by atoms with Gasteiger partial charge in [0.25, 0.3) is 0 Å². The van der Waals surface area contributed by atoms with Crippen molar-refractivity contribution in [1.82, 2.24) is 15.1 Å². The maximum atomic E-state index is 6.06. The zero-order valence-electron chi connectivity index (χ0n) is 9.28. The molecule has 0 aliphatic carbocycles. The van der Waals surface area contributed by atoms with Gasteiger partial charge in [-0.05, 0) is 13.5 Å². The molecule has 4 bridgehead atoms. The molecule has 4 nitrogen and oxygen atoms in total. The first kappa shape index (κ1) is 8.93. The van der Waals surface area contributed by atoms with Gasteiger partial charge in [0.05, 0.1) is 6.61 Å². The molecule has 4 saturated heterocycles. The van der Waals surface area contributed by atoms with E-state index in [4.69, 9.17) is 4.74 Å². The van der Waals surface area contributed by atoms with Crippen LogP contribution >= 0.6 is 0 Å². The summed E-state index contributed by atoms with van der Waals surface area (Å²) in [5.74, 6) is 0. The number of morpholine rings is 1. The number of nitrogens with one attached hydrogen (secondary N) is 1. The van der Waals surface area contributed by atoms with Gasteiger partial charge in [-0.3, -0.25) is 4.90 Å². The van der Waals surface area contributed by atoms with Crippen molar-refractivity contribution in [1.29, 1.82) is 0 Å². The number of rotatable bonds is 1. The number of ether oxygens (including phenoxy) is 1. The van der Waals surface area contributed by atoms with Crippen LogP contribution in [0.2, 0.25) is 0 Å². The molecule has 0 aromatic rings. The van der Waals surface area contributed by atoms with Crippen molar-refractivity contribution in [3.8, 4) is 0 Å². The van der Waals surface area contributed by atoms with Gasteiger partial charge in [-0.1, -0.05) is 0 Å². The van der Waals surface area contributed by atoms with Crippen molar-refractivity contribution < 1.29 is 4.74 Å².